The summed E-state index contributed by atoms with van der Waals surface area (Å²) in [7, 11) is 0. The van der Waals surface area contributed by atoms with Gasteiger partial charge in [-0.05, 0) is 49.3 Å². The Labute approximate surface area is 161 Å². The fourth-order valence-electron chi connectivity index (χ4n) is 4.95. The van der Waals surface area contributed by atoms with Gasteiger partial charge in [0, 0.05) is 56.8 Å². The second-order valence-electron chi connectivity index (χ2n) is 8.64. The zero-order valence-corrected chi connectivity index (χ0v) is 16.0. The van der Waals surface area contributed by atoms with Gasteiger partial charge in [0.1, 0.15) is 0 Å². The molecule has 27 heavy (non-hydrogen) atoms. The van der Waals surface area contributed by atoms with Crippen molar-refractivity contribution in [3.8, 4) is 0 Å². The van der Waals surface area contributed by atoms with E-state index in [9.17, 15) is 9.59 Å². The van der Waals surface area contributed by atoms with E-state index in [1.54, 1.807) is 0 Å². The summed E-state index contributed by atoms with van der Waals surface area (Å²) in [6, 6.07) is 9.13. The van der Waals surface area contributed by atoms with Crippen molar-refractivity contribution in [2.24, 2.45) is 5.92 Å². The molecule has 2 saturated heterocycles. The highest BCUT2D eigenvalue weighted by atomic mass is 16.2. The van der Waals surface area contributed by atoms with Gasteiger partial charge < -0.3 is 9.80 Å². The highest BCUT2D eigenvalue weighted by Crippen LogP contribution is 2.49. The van der Waals surface area contributed by atoms with E-state index in [2.05, 4.69) is 34.1 Å². The minimum atomic E-state index is 0.166. The molecule has 5 nitrogen and oxygen atoms in total. The normalized spacial score (nSPS) is 29.1. The van der Waals surface area contributed by atoms with Crippen molar-refractivity contribution in [3.63, 3.8) is 0 Å². The van der Waals surface area contributed by atoms with Crippen molar-refractivity contribution < 1.29 is 9.59 Å². The van der Waals surface area contributed by atoms with Crippen molar-refractivity contribution in [2.45, 2.75) is 50.5 Å². The quantitative estimate of drug-likeness (QED) is 0.822. The molecule has 1 aromatic carbocycles. The third kappa shape index (κ3) is 3.27. The van der Waals surface area contributed by atoms with Gasteiger partial charge in [0.25, 0.3) is 0 Å². The van der Waals surface area contributed by atoms with Gasteiger partial charge >= 0.3 is 0 Å². The van der Waals surface area contributed by atoms with Gasteiger partial charge in [-0.15, -0.1) is 0 Å². The van der Waals surface area contributed by atoms with E-state index in [1.807, 2.05) is 4.90 Å². The topological polar surface area (TPSA) is 43.9 Å². The standard InChI is InChI=1S/C22H29N3O2/c26-21-5-2-10-25(21)18-8-6-16(7-9-18)19-15-20(19)22(27)24-13-11-23(12-14-24)17-3-1-4-17/h6-9,17,19-20H,1-5,10-15H2/t19-,20+/m0/s1. The minimum Gasteiger partial charge on any atom is -0.340 e. The highest BCUT2D eigenvalue weighted by Gasteiger charge is 2.46. The molecule has 2 aliphatic heterocycles. The van der Waals surface area contributed by atoms with E-state index in [0.29, 0.717) is 18.2 Å². The first kappa shape index (κ1) is 17.2. The average Bonchev–Trinajstić information content (AvgIpc) is 3.34. The molecule has 0 unspecified atom stereocenters. The Morgan fingerprint density at radius 3 is 2.26 bits per heavy atom. The number of hydrogen-bond donors (Lipinski definition) is 0. The maximum Gasteiger partial charge on any atom is 0.227 e. The number of carbonyl (C=O) groups is 2. The van der Waals surface area contributed by atoms with Crippen LogP contribution in [0.15, 0.2) is 24.3 Å². The third-order valence-electron chi connectivity index (χ3n) is 7.03. The van der Waals surface area contributed by atoms with Crippen LogP contribution in [0.4, 0.5) is 5.69 Å². The van der Waals surface area contributed by atoms with Crippen LogP contribution in [-0.4, -0.2) is 60.4 Å². The fraction of sp³-hybridized carbons (Fsp3) is 0.636. The first-order valence-electron chi connectivity index (χ1n) is 10.6. The van der Waals surface area contributed by atoms with Crippen molar-refractivity contribution in [1.29, 1.82) is 0 Å². The molecule has 5 rings (SSSR count). The van der Waals surface area contributed by atoms with Crippen LogP contribution in [0, 0.1) is 5.92 Å². The number of benzene rings is 1. The number of nitrogens with zero attached hydrogens (tertiary/aromatic N) is 3. The Bertz CT molecular complexity index is 720. The molecule has 2 heterocycles. The molecule has 0 spiro atoms. The molecule has 2 aliphatic carbocycles. The monoisotopic (exact) mass is 367 g/mol. The highest BCUT2D eigenvalue weighted by molar-refractivity contribution is 5.95. The number of piperazine rings is 1. The lowest BCUT2D eigenvalue weighted by Gasteiger charge is -2.43. The minimum absolute atomic E-state index is 0.166. The van der Waals surface area contributed by atoms with E-state index < -0.39 is 0 Å². The SMILES string of the molecule is O=C([C@@H]1C[C@H]1c1ccc(N2CCCC2=O)cc1)N1CCN(C2CCC2)CC1. The number of carbonyl (C=O) groups excluding carboxylic acids is 2. The largest absolute Gasteiger partial charge is 0.340 e. The molecule has 0 radical (unpaired) electrons. The molecule has 1 aromatic rings. The van der Waals surface area contributed by atoms with Crippen molar-refractivity contribution in [1.82, 2.24) is 9.80 Å². The summed E-state index contributed by atoms with van der Waals surface area (Å²) in [6.45, 7) is 4.72. The first-order chi connectivity index (χ1) is 13.2. The van der Waals surface area contributed by atoms with E-state index in [-0.39, 0.29) is 11.8 Å². The Morgan fingerprint density at radius 1 is 0.926 bits per heavy atom. The zero-order valence-electron chi connectivity index (χ0n) is 16.0. The van der Waals surface area contributed by atoms with E-state index in [0.717, 1.165) is 57.3 Å². The maximum absolute atomic E-state index is 12.9. The zero-order chi connectivity index (χ0) is 18.4. The molecule has 2 saturated carbocycles. The molecule has 0 N–H and O–H groups in total. The first-order valence-corrected chi connectivity index (χ1v) is 10.6. The maximum atomic E-state index is 12.9. The van der Waals surface area contributed by atoms with Crippen molar-refractivity contribution in [3.05, 3.63) is 29.8 Å². The number of anilines is 1. The molecular weight excluding hydrogens is 338 g/mol. The van der Waals surface area contributed by atoms with Gasteiger partial charge in [0.05, 0.1) is 0 Å². The number of amides is 2. The summed E-state index contributed by atoms with van der Waals surface area (Å²) < 4.78 is 0. The van der Waals surface area contributed by atoms with E-state index in [4.69, 9.17) is 0 Å². The van der Waals surface area contributed by atoms with Gasteiger partial charge in [0.2, 0.25) is 11.8 Å². The van der Waals surface area contributed by atoms with Crippen molar-refractivity contribution in [2.75, 3.05) is 37.6 Å². The number of hydrogen-bond acceptors (Lipinski definition) is 3. The van der Waals surface area contributed by atoms with Crippen LogP contribution < -0.4 is 4.90 Å². The van der Waals surface area contributed by atoms with Crippen LogP contribution in [0.1, 0.15) is 50.0 Å². The third-order valence-corrected chi connectivity index (χ3v) is 7.03. The molecule has 144 valence electrons. The lowest BCUT2D eigenvalue weighted by atomic mass is 9.91. The Hall–Kier alpha value is -1.88. The average molecular weight is 367 g/mol. The van der Waals surface area contributed by atoms with Crippen LogP contribution >= 0.6 is 0 Å². The summed E-state index contributed by atoms with van der Waals surface area (Å²) in [6.07, 6.45) is 6.65. The summed E-state index contributed by atoms with van der Waals surface area (Å²) in [4.78, 5) is 31.3. The Kier molecular flexibility index (Phi) is 4.43. The fourth-order valence-corrected chi connectivity index (χ4v) is 4.95. The summed E-state index contributed by atoms with van der Waals surface area (Å²) in [5.74, 6) is 1.11. The lowest BCUT2D eigenvalue weighted by molar-refractivity contribution is -0.135. The molecule has 0 bridgehead atoms. The Balaban J connectivity index is 1.16. The van der Waals surface area contributed by atoms with Gasteiger partial charge in [-0.25, -0.2) is 0 Å². The second-order valence-corrected chi connectivity index (χ2v) is 8.64. The predicted octanol–water partition coefficient (Wildman–Crippen LogP) is 2.61. The van der Waals surface area contributed by atoms with Crippen molar-refractivity contribution >= 4 is 17.5 Å². The van der Waals surface area contributed by atoms with Crippen LogP contribution in [0.25, 0.3) is 0 Å². The van der Waals surface area contributed by atoms with Gasteiger partial charge in [-0.3, -0.25) is 14.5 Å². The molecular formula is C22H29N3O2. The van der Waals surface area contributed by atoms with Gasteiger partial charge in [0.15, 0.2) is 0 Å². The van der Waals surface area contributed by atoms with Gasteiger partial charge in [-0.1, -0.05) is 18.6 Å². The van der Waals surface area contributed by atoms with Crippen LogP contribution in [-0.2, 0) is 9.59 Å². The summed E-state index contributed by atoms with van der Waals surface area (Å²) in [5, 5.41) is 0. The Morgan fingerprint density at radius 2 is 1.67 bits per heavy atom. The molecule has 2 atom stereocenters. The molecule has 5 heteroatoms. The second kappa shape index (κ2) is 6.93. The van der Waals surface area contributed by atoms with Crippen LogP contribution in [0.3, 0.4) is 0 Å². The molecule has 4 aliphatic rings. The van der Waals surface area contributed by atoms with E-state index >= 15 is 0 Å². The van der Waals surface area contributed by atoms with Crippen LogP contribution in [0.2, 0.25) is 0 Å². The smallest absolute Gasteiger partial charge is 0.227 e. The molecule has 4 fully saturated rings. The van der Waals surface area contributed by atoms with Crippen LogP contribution in [0.5, 0.6) is 0 Å². The van der Waals surface area contributed by atoms with Gasteiger partial charge in [-0.2, -0.15) is 0 Å². The van der Waals surface area contributed by atoms with E-state index in [1.165, 1.54) is 24.8 Å². The summed E-state index contributed by atoms with van der Waals surface area (Å²) >= 11 is 0. The predicted molar refractivity (Wildman–Crippen MR) is 105 cm³/mol. The summed E-state index contributed by atoms with van der Waals surface area (Å²) in [5.41, 5.74) is 2.24. The molecule has 0 aromatic heterocycles. The lowest BCUT2D eigenvalue weighted by Crippen LogP contribution is -2.53. The molecule has 2 amide bonds. The number of rotatable bonds is 4.